The normalized spacial score (nSPS) is 18.7. The molecule has 134 valence electrons. The Morgan fingerprint density at radius 1 is 1.29 bits per heavy atom. The fourth-order valence-electron chi connectivity index (χ4n) is 2.66. The monoisotopic (exact) mass is 353 g/mol. The van der Waals surface area contributed by atoms with E-state index < -0.39 is 15.3 Å². The SMILES string of the molecule is Cc1ccc(NC(=O)N2CCCC(CNS(=O)(=O)C(C)C)C2)cc1. The van der Waals surface area contributed by atoms with Gasteiger partial charge in [-0.25, -0.2) is 17.9 Å². The van der Waals surface area contributed by atoms with E-state index in [1.54, 1.807) is 18.7 Å². The van der Waals surface area contributed by atoms with Gasteiger partial charge in [-0.3, -0.25) is 0 Å². The van der Waals surface area contributed by atoms with Gasteiger partial charge >= 0.3 is 6.03 Å². The van der Waals surface area contributed by atoms with Crippen molar-refractivity contribution in [2.24, 2.45) is 5.92 Å². The predicted molar refractivity (Wildman–Crippen MR) is 96.6 cm³/mol. The number of rotatable bonds is 5. The second-order valence-electron chi connectivity index (χ2n) is 6.69. The molecule has 1 fully saturated rings. The molecule has 1 saturated heterocycles. The van der Waals surface area contributed by atoms with E-state index in [4.69, 9.17) is 0 Å². The lowest BCUT2D eigenvalue weighted by Crippen LogP contribution is -2.46. The van der Waals surface area contributed by atoms with Crippen LogP contribution in [0.25, 0.3) is 0 Å². The highest BCUT2D eigenvalue weighted by atomic mass is 32.2. The van der Waals surface area contributed by atoms with Gasteiger partial charge in [0.05, 0.1) is 5.25 Å². The zero-order valence-corrected chi connectivity index (χ0v) is 15.4. The summed E-state index contributed by atoms with van der Waals surface area (Å²) in [5.41, 5.74) is 1.91. The number of amides is 2. The van der Waals surface area contributed by atoms with Crippen molar-refractivity contribution in [3.05, 3.63) is 29.8 Å². The first-order valence-electron chi connectivity index (χ1n) is 8.39. The molecule has 1 aliphatic rings. The second kappa shape index (κ2) is 7.98. The molecule has 0 bridgehead atoms. The maximum absolute atomic E-state index is 12.4. The average Bonchev–Trinajstić information content (AvgIpc) is 2.55. The van der Waals surface area contributed by atoms with E-state index in [0.29, 0.717) is 19.6 Å². The van der Waals surface area contributed by atoms with Gasteiger partial charge in [-0.1, -0.05) is 17.7 Å². The van der Waals surface area contributed by atoms with Gasteiger partial charge in [0.25, 0.3) is 0 Å². The number of carbonyl (C=O) groups is 1. The summed E-state index contributed by atoms with van der Waals surface area (Å²) in [4.78, 5) is 14.1. The third-order valence-corrected chi connectivity index (χ3v) is 6.11. The molecule has 1 unspecified atom stereocenters. The first kappa shape index (κ1) is 18.7. The van der Waals surface area contributed by atoms with Crippen LogP contribution in [0.15, 0.2) is 24.3 Å². The van der Waals surface area contributed by atoms with Crippen LogP contribution in [-0.2, 0) is 10.0 Å². The van der Waals surface area contributed by atoms with Crippen molar-refractivity contribution in [3.63, 3.8) is 0 Å². The van der Waals surface area contributed by atoms with Crippen molar-refractivity contribution in [2.75, 3.05) is 25.0 Å². The Morgan fingerprint density at radius 2 is 1.96 bits per heavy atom. The average molecular weight is 353 g/mol. The molecule has 0 aromatic heterocycles. The molecule has 1 aliphatic heterocycles. The minimum absolute atomic E-state index is 0.129. The number of benzene rings is 1. The smallest absolute Gasteiger partial charge is 0.321 e. The van der Waals surface area contributed by atoms with Crippen LogP contribution >= 0.6 is 0 Å². The first-order chi connectivity index (χ1) is 11.3. The third-order valence-electron chi connectivity index (χ3n) is 4.30. The van der Waals surface area contributed by atoms with Gasteiger partial charge in [0.15, 0.2) is 0 Å². The van der Waals surface area contributed by atoms with Gasteiger partial charge < -0.3 is 10.2 Å². The van der Waals surface area contributed by atoms with Gasteiger partial charge in [0.1, 0.15) is 0 Å². The Labute approximate surface area is 144 Å². The number of carbonyl (C=O) groups excluding carboxylic acids is 1. The molecule has 7 heteroatoms. The number of aryl methyl sites for hydroxylation is 1. The maximum Gasteiger partial charge on any atom is 0.321 e. The van der Waals surface area contributed by atoms with E-state index in [1.807, 2.05) is 31.2 Å². The van der Waals surface area contributed by atoms with Crippen LogP contribution in [0, 0.1) is 12.8 Å². The Morgan fingerprint density at radius 3 is 2.58 bits per heavy atom. The molecule has 2 amide bonds. The Hall–Kier alpha value is -1.60. The number of hydrogen-bond donors (Lipinski definition) is 2. The molecule has 1 aromatic rings. The topological polar surface area (TPSA) is 78.5 Å². The zero-order chi connectivity index (χ0) is 17.7. The summed E-state index contributed by atoms with van der Waals surface area (Å²) in [5, 5.41) is 2.46. The van der Waals surface area contributed by atoms with E-state index >= 15 is 0 Å². The van der Waals surface area contributed by atoms with Crippen molar-refractivity contribution in [2.45, 2.75) is 38.9 Å². The van der Waals surface area contributed by atoms with E-state index in [0.717, 1.165) is 24.1 Å². The van der Waals surface area contributed by atoms with Crippen molar-refractivity contribution in [1.82, 2.24) is 9.62 Å². The molecule has 6 nitrogen and oxygen atoms in total. The maximum atomic E-state index is 12.4. The molecule has 2 N–H and O–H groups in total. The minimum atomic E-state index is -3.26. The van der Waals surface area contributed by atoms with Crippen LogP contribution in [0.3, 0.4) is 0 Å². The summed E-state index contributed by atoms with van der Waals surface area (Å²) < 4.78 is 26.4. The molecule has 1 heterocycles. The molecule has 0 radical (unpaired) electrons. The van der Waals surface area contributed by atoms with Crippen molar-refractivity contribution in [1.29, 1.82) is 0 Å². The van der Waals surface area contributed by atoms with Crippen LogP contribution < -0.4 is 10.0 Å². The quantitative estimate of drug-likeness (QED) is 0.854. The number of likely N-dealkylation sites (tertiary alicyclic amines) is 1. The summed E-state index contributed by atoms with van der Waals surface area (Å²) in [6, 6.07) is 7.54. The standard InChI is InChI=1S/C17H27N3O3S/c1-13(2)24(22,23)18-11-15-5-4-10-20(12-15)17(21)19-16-8-6-14(3)7-9-16/h6-9,13,15,18H,4-5,10-12H2,1-3H3,(H,19,21). The van der Waals surface area contributed by atoms with Crippen LogP contribution in [0.2, 0.25) is 0 Å². The van der Waals surface area contributed by atoms with E-state index in [9.17, 15) is 13.2 Å². The van der Waals surface area contributed by atoms with Gasteiger partial charge in [0.2, 0.25) is 10.0 Å². The Bertz CT molecular complexity index is 656. The first-order valence-corrected chi connectivity index (χ1v) is 9.93. The number of piperidine rings is 1. The van der Waals surface area contributed by atoms with Crippen LogP contribution in [0.5, 0.6) is 0 Å². The van der Waals surface area contributed by atoms with Crippen LogP contribution in [0.4, 0.5) is 10.5 Å². The van der Waals surface area contributed by atoms with Gasteiger partial charge in [-0.15, -0.1) is 0 Å². The molecule has 24 heavy (non-hydrogen) atoms. The highest BCUT2D eigenvalue weighted by Crippen LogP contribution is 2.18. The molecule has 0 aliphatic carbocycles. The zero-order valence-electron chi connectivity index (χ0n) is 14.6. The Balaban J connectivity index is 1.88. The van der Waals surface area contributed by atoms with Crippen molar-refractivity contribution < 1.29 is 13.2 Å². The third kappa shape index (κ3) is 5.21. The summed E-state index contributed by atoms with van der Waals surface area (Å²) in [6.07, 6.45) is 1.81. The van der Waals surface area contributed by atoms with Crippen molar-refractivity contribution in [3.8, 4) is 0 Å². The number of nitrogens with zero attached hydrogens (tertiary/aromatic N) is 1. The summed E-state index contributed by atoms with van der Waals surface area (Å²) in [6.45, 7) is 6.96. The van der Waals surface area contributed by atoms with E-state index in [1.165, 1.54) is 0 Å². The predicted octanol–water partition coefficient (Wildman–Crippen LogP) is 2.57. The van der Waals surface area contributed by atoms with Crippen LogP contribution in [-0.4, -0.2) is 44.2 Å². The lowest BCUT2D eigenvalue weighted by atomic mass is 9.99. The fourth-order valence-corrected chi connectivity index (χ4v) is 3.46. The number of anilines is 1. The molecule has 2 rings (SSSR count). The Kier molecular flexibility index (Phi) is 6.23. The van der Waals surface area contributed by atoms with Gasteiger partial charge in [-0.05, 0) is 51.7 Å². The number of urea groups is 1. The molecular weight excluding hydrogens is 326 g/mol. The van der Waals surface area contributed by atoms with Crippen LogP contribution in [0.1, 0.15) is 32.3 Å². The molecule has 1 atom stereocenters. The minimum Gasteiger partial charge on any atom is -0.324 e. The molecule has 1 aromatic carbocycles. The summed E-state index contributed by atoms with van der Waals surface area (Å²) >= 11 is 0. The lowest BCUT2D eigenvalue weighted by molar-refractivity contribution is 0.178. The summed E-state index contributed by atoms with van der Waals surface area (Å²) in [7, 11) is -3.26. The van der Waals surface area contributed by atoms with Crippen molar-refractivity contribution >= 4 is 21.7 Å². The summed E-state index contributed by atoms with van der Waals surface area (Å²) in [5.74, 6) is 0.149. The molecule has 0 spiro atoms. The largest absolute Gasteiger partial charge is 0.324 e. The highest BCUT2D eigenvalue weighted by molar-refractivity contribution is 7.90. The number of nitrogens with one attached hydrogen (secondary N) is 2. The number of hydrogen-bond acceptors (Lipinski definition) is 3. The fraction of sp³-hybridized carbons (Fsp3) is 0.588. The second-order valence-corrected chi connectivity index (χ2v) is 9.01. The van der Waals surface area contributed by atoms with E-state index in [-0.39, 0.29) is 11.9 Å². The highest BCUT2D eigenvalue weighted by Gasteiger charge is 2.25. The van der Waals surface area contributed by atoms with Gasteiger partial charge in [-0.2, -0.15) is 0 Å². The molecular formula is C17H27N3O3S. The van der Waals surface area contributed by atoms with Gasteiger partial charge in [0, 0.05) is 25.3 Å². The van der Waals surface area contributed by atoms with E-state index in [2.05, 4.69) is 10.0 Å². The molecule has 0 saturated carbocycles. The lowest BCUT2D eigenvalue weighted by Gasteiger charge is -2.33. The number of sulfonamides is 1.